The zero-order chi connectivity index (χ0) is 11.5. The molecule has 1 aromatic heterocycles. The van der Waals surface area contributed by atoms with Gasteiger partial charge in [0.2, 0.25) is 0 Å². The number of nitrogens with one attached hydrogen (secondary N) is 1. The Labute approximate surface area is 111 Å². The average molecular weight is 342 g/mol. The minimum Gasteiger partial charge on any atom is -0.340 e. The lowest BCUT2D eigenvalue weighted by Gasteiger charge is -2.07. The minimum absolute atomic E-state index is 0.825. The molecule has 2 rings (SSSR count). The average Bonchev–Trinajstić information content (AvgIpc) is 2.24. The molecule has 0 aliphatic rings. The number of pyridine rings is 1. The molecule has 82 valence electrons. The predicted molar refractivity (Wildman–Crippen MR) is 74.1 cm³/mol. The van der Waals surface area contributed by atoms with Crippen LogP contribution in [0.2, 0.25) is 0 Å². The van der Waals surface area contributed by atoms with Crippen molar-refractivity contribution in [3.63, 3.8) is 0 Å². The standard InChI is InChI=1S/C12H10Br2N2/c1-8-7-9(5-6-10(8)13)15-12-4-2-3-11(14)16-12/h2-7H,1H3,(H,15,16). The first kappa shape index (κ1) is 11.6. The van der Waals surface area contributed by atoms with Crippen molar-refractivity contribution in [3.05, 3.63) is 51.0 Å². The number of rotatable bonds is 2. The number of benzene rings is 1. The van der Waals surface area contributed by atoms with Crippen molar-refractivity contribution in [2.75, 3.05) is 5.32 Å². The molecule has 1 aromatic carbocycles. The Morgan fingerprint density at radius 2 is 1.94 bits per heavy atom. The topological polar surface area (TPSA) is 24.9 Å². The molecule has 0 saturated carbocycles. The fourth-order valence-electron chi connectivity index (χ4n) is 1.35. The minimum atomic E-state index is 0.825. The lowest BCUT2D eigenvalue weighted by atomic mass is 10.2. The van der Waals surface area contributed by atoms with Crippen molar-refractivity contribution in [1.82, 2.24) is 4.98 Å². The molecule has 0 bridgehead atoms. The van der Waals surface area contributed by atoms with Crippen molar-refractivity contribution in [3.8, 4) is 0 Å². The van der Waals surface area contributed by atoms with Crippen molar-refractivity contribution in [2.24, 2.45) is 0 Å². The Morgan fingerprint density at radius 1 is 1.12 bits per heavy atom. The molecular weight excluding hydrogens is 332 g/mol. The van der Waals surface area contributed by atoms with Gasteiger partial charge in [-0.15, -0.1) is 0 Å². The molecule has 0 aliphatic heterocycles. The van der Waals surface area contributed by atoms with Gasteiger partial charge in [0.15, 0.2) is 0 Å². The fourth-order valence-corrected chi connectivity index (χ4v) is 1.94. The third-order valence-electron chi connectivity index (χ3n) is 2.15. The number of aromatic nitrogens is 1. The van der Waals surface area contributed by atoms with Gasteiger partial charge >= 0.3 is 0 Å². The molecule has 1 N–H and O–H groups in total. The van der Waals surface area contributed by atoms with E-state index in [9.17, 15) is 0 Å². The van der Waals surface area contributed by atoms with E-state index in [1.54, 1.807) is 0 Å². The molecule has 2 aromatic rings. The largest absolute Gasteiger partial charge is 0.340 e. The van der Waals surface area contributed by atoms with Gasteiger partial charge in [-0.2, -0.15) is 0 Å². The summed E-state index contributed by atoms with van der Waals surface area (Å²) in [4.78, 5) is 4.31. The second-order valence-electron chi connectivity index (χ2n) is 3.43. The van der Waals surface area contributed by atoms with Crippen molar-refractivity contribution in [2.45, 2.75) is 6.92 Å². The van der Waals surface area contributed by atoms with E-state index in [2.05, 4.69) is 55.2 Å². The summed E-state index contributed by atoms with van der Waals surface area (Å²) in [6.45, 7) is 2.06. The van der Waals surface area contributed by atoms with Gasteiger partial charge in [0.05, 0.1) is 0 Å². The summed E-state index contributed by atoms with van der Waals surface area (Å²) in [7, 11) is 0. The maximum atomic E-state index is 4.31. The molecule has 0 amide bonds. The number of halogens is 2. The van der Waals surface area contributed by atoms with Crippen LogP contribution in [-0.2, 0) is 0 Å². The number of aryl methyl sites for hydroxylation is 1. The van der Waals surface area contributed by atoms with Crippen LogP contribution in [0.3, 0.4) is 0 Å². The highest BCUT2D eigenvalue weighted by Crippen LogP contribution is 2.22. The smallest absolute Gasteiger partial charge is 0.131 e. The maximum absolute atomic E-state index is 4.31. The molecule has 0 fully saturated rings. The number of hydrogen-bond acceptors (Lipinski definition) is 2. The number of hydrogen-bond donors (Lipinski definition) is 1. The summed E-state index contributed by atoms with van der Waals surface area (Å²) in [5.74, 6) is 0.830. The molecular formula is C12H10Br2N2. The van der Waals surface area contributed by atoms with Crippen LogP contribution in [0.1, 0.15) is 5.56 Å². The zero-order valence-electron chi connectivity index (χ0n) is 8.67. The molecule has 16 heavy (non-hydrogen) atoms. The van der Waals surface area contributed by atoms with E-state index >= 15 is 0 Å². The molecule has 4 heteroatoms. The predicted octanol–water partition coefficient (Wildman–Crippen LogP) is 4.66. The van der Waals surface area contributed by atoms with E-state index in [1.807, 2.05) is 30.3 Å². The zero-order valence-corrected chi connectivity index (χ0v) is 11.8. The Balaban J connectivity index is 2.24. The molecule has 2 nitrogen and oxygen atoms in total. The summed E-state index contributed by atoms with van der Waals surface area (Å²) in [6.07, 6.45) is 0. The normalized spacial score (nSPS) is 10.2. The third-order valence-corrected chi connectivity index (χ3v) is 3.48. The second-order valence-corrected chi connectivity index (χ2v) is 5.10. The fraction of sp³-hybridized carbons (Fsp3) is 0.0833. The second kappa shape index (κ2) is 4.97. The molecule has 0 unspecified atom stereocenters. The lowest BCUT2D eigenvalue weighted by Crippen LogP contribution is -1.93. The van der Waals surface area contributed by atoms with E-state index < -0.39 is 0 Å². The van der Waals surface area contributed by atoms with Gasteiger partial charge in [-0.25, -0.2) is 4.98 Å². The quantitative estimate of drug-likeness (QED) is 0.803. The first-order chi connectivity index (χ1) is 7.65. The Bertz CT molecular complexity index is 512. The lowest BCUT2D eigenvalue weighted by molar-refractivity contribution is 1.26. The molecule has 1 heterocycles. The highest BCUT2D eigenvalue weighted by molar-refractivity contribution is 9.10. The molecule has 0 radical (unpaired) electrons. The van der Waals surface area contributed by atoms with Crippen LogP contribution in [0, 0.1) is 6.92 Å². The van der Waals surface area contributed by atoms with E-state index in [-0.39, 0.29) is 0 Å². The summed E-state index contributed by atoms with van der Waals surface area (Å²) < 4.78 is 1.94. The van der Waals surface area contributed by atoms with Crippen LogP contribution >= 0.6 is 31.9 Å². The first-order valence-electron chi connectivity index (χ1n) is 4.81. The van der Waals surface area contributed by atoms with Crippen LogP contribution < -0.4 is 5.32 Å². The summed E-state index contributed by atoms with van der Waals surface area (Å²) >= 11 is 6.82. The SMILES string of the molecule is Cc1cc(Nc2cccc(Br)n2)ccc1Br. The third kappa shape index (κ3) is 2.83. The monoisotopic (exact) mass is 340 g/mol. The van der Waals surface area contributed by atoms with Crippen molar-refractivity contribution >= 4 is 43.4 Å². The van der Waals surface area contributed by atoms with Crippen molar-refractivity contribution in [1.29, 1.82) is 0 Å². The van der Waals surface area contributed by atoms with Gasteiger partial charge in [-0.1, -0.05) is 22.0 Å². The van der Waals surface area contributed by atoms with Crippen LogP contribution in [0.15, 0.2) is 45.5 Å². The van der Waals surface area contributed by atoms with Crippen LogP contribution in [0.4, 0.5) is 11.5 Å². The first-order valence-corrected chi connectivity index (χ1v) is 6.39. The highest BCUT2D eigenvalue weighted by Gasteiger charge is 1.99. The Morgan fingerprint density at radius 3 is 2.62 bits per heavy atom. The van der Waals surface area contributed by atoms with E-state index in [0.717, 1.165) is 20.6 Å². The maximum Gasteiger partial charge on any atom is 0.131 e. The molecule has 0 aliphatic carbocycles. The summed E-state index contributed by atoms with van der Waals surface area (Å²) in [5.41, 5.74) is 2.23. The summed E-state index contributed by atoms with van der Waals surface area (Å²) in [6, 6.07) is 11.9. The molecule has 0 spiro atoms. The highest BCUT2D eigenvalue weighted by atomic mass is 79.9. The van der Waals surface area contributed by atoms with Gasteiger partial charge in [0, 0.05) is 10.2 Å². The van der Waals surface area contributed by atoms with E-state index in [1.165, 1.54) is 5.56 Å². The van der Waals surface area contributed by atoms with E-state index in [4.69, 9.17) is 0 Å². The van der Waals surface area contributed by atoms with Crippen LogP contribution in [-0.4, -0.2) is 4.98 Å². The Hall–Kier alpha value is -0.870. The van der Waals surface area contributed by atoms with E-state index in [0.29, 0.717) is 0 Å². The summed E-state index contributed by atoms with van der Waals surface area (Å²) in [5, 5.41) is 3.25. The Kier molecular flexibility index (Phi) is 3.61. The molecule has 0 saturated heterocycles. The van der Waals surface area contributed by atoms with Crippen LogP contribution in [0.25, 0.3) is 0 Å². The van der Waals surface area contributed by atoms with Crippen molar-refractivity contribution < 1.29 is 0 Å². The van der Waals surface area contributed by atoms with Crippen LogP contribution in [0.5, 0.6) is 0 Å². The van der Waals surface area contributed by atoms with Gasteiger partial charge in [-0.05, 0) is 58.7 Å². The number of anilines is 2. The van der Waals surface area contributed by atoms with Gasteiger partial charge < -0.3 is 5.32 Å². The molecule has 0 atom stereocenters. The number of nitrogens with zero attached hydrogens (tertiary/aromatic N) is 1. The van der Waals surface area contributed by atoms with Gasteiger partial charge in [-0.3, -0.25) is 0 Å². The van der Waals surface area contributed by atoms with Gasteiger partial charge in [0.25, 0.3) is 0 Å². The van der Waals surface area contributed by atoms with Gasteiger partial charge in [0.1, 0.15) is 10.4 Å².